The van der Waals surface area contributed by atoms with Gasteiger partial charge in [0.1, 0.15) is 5.69 Å². The molecule has 0 aliphatic carbocycles. The molecule has 0 spiro atoms. The van der Waals surface area contributed by atoms with Crippen molar-refractivity contribution >= 4 is 29.1 Å². The minimum Gasteiger partial charge on any atom is -0.380 e. The van der Waals surface area contributed by atoms with E-state index in [1.165, 1.54) is 24.8 Å². The third-order valence-corrected chi connectivity index (χ3v) is 5.15. The van der Waals surface area contributed by atoms with Crippen LogP contribution in [0.2, 0.25) is 0 Å². The van der Waals surface area contributed by atoms with E-state index < -0.39 is 0 Å². The van der Waals surface area contributed by atoms with Crippen LogP contribution in [-0.2, 0) is 0 Å². The zero-order valence-corrected chi connectivity index (χ0v) is 18.6. The van der Waals surface area contributed by atoms with E-state index in [1.54, 1.807) is 23.2 Å². The Kier molecular flexibility index (Phi) is 6.72. The van der Waals surface area contributed by atoms with Crippen LogP contribution in [-0.4, -0.2) is 68.9 Å². The molecular formula is C23H26N8O2. The fourth-order valence-corrected chi connectivity index (χ4v) is 3.56. The van der Waals surface area contributed by atoms with Gasteiger partial charge in [-0.3, -0.25) is 19.6 Å². The van der Waals surface area contributed by atoms with Crippen molar-refractivity contribution in [2.24, 2.45) is 0 Å². The van der Waals surface area contributed by atoms with Gasteiger partial charge in [0.15, 0.2) is 11.6 Å². The van der Waals surface area contributed by atoms with E-state index in [0.29, 0.717) is 49.3 Å². The standard InChI is InChI=1S/C23H26N8O2/c1-16(2)28-18-4-3-7-26-21(18)30-10-12-31(13-11-30)23(33)19-6-5-17(14-27-19)22(32)29-20-15-24-8-9-25-20/h3-9,14-16,28H,10-13H2,1-2H3,(H,25,29,32). The molecule has 170 valence electrons. The minimum absolute atomic E-state index is 0.155. The third-order valence-electron chi connectivity index (χ3n) is 5.15. The number of carbonyl (C=O) groups is 2. The number of hydrogen-bond acceptors (Lipinski definition) is 8. The summed E-state index contributed by atoms with van der Waals surface area (Å²) in [6.07, 6.45) is 7.65. The number of pyridine rings is 2. The number of hydrogen-bond donors (Lipinski definition) is 2. The van der Waals surface area contributed by atoms with E-state index in [9.17, 15) is 9.59 Å². The second-order valence-corrected chi connectivity index (χ2v) is 7.93. The number of nitrogens with one attached hydrogen (secondary N) is 2. The van der Waals surface area contributed by atoms with Crippen molar-refractivity contribution < 1.29 is 9.59 Å². The van der Waals surface area contributed by atoms with Crippen molar-refractivity contribution in [1.29, 1.82) is 0 Å². The maximum Gasteiger partial charge on any atom is 0.272 e. The highest BCUT2D eigenvalue weighted by Gasteiger charge is 2.25. The van der Waals surface area contributed by atoms with Crippen molar-refractivity contribution in [3.05, 3.63) is 66.5 Å². The molecule has 10 nitrogen and oxygen atoms in total. The van der Waals surface area contributed by atoms with Gasteiger partial charge in [-0.1, -0.05) is 0 Å². The summed E-state index contributed by atoms with van der Waals surface area (Å²) in [4.78, 5) is 45.9. The molecule has 2 N–H and O–H groups in total. The largest absolute Gasteiger partial charge is 0.380 e. The number of amides is 2. The topological polar surface area (TPSA) is 116 Å². The molecule has 0 atom stereocenters. The molecule has 1 fully saturated rings. The Morgan fingerprint density at radius 2 is 1.76 bits per heavy atom. The van der Waals surface area contributed by atoms with Gasteiger partial charge in [-0.25, -0.2) is 9.97 Å². The van der Waals surface area contributed by atoms with Crippen LogP contribution in [0.3, 0.4) is 0 Å². The van der Waals surface area contributed by atoms with Crippen molar-refractivity contribution in [2.45, 2.75) is 19.9 Å². The van der Waals surface area contributed by atoms with Crippen molar-refractivity contribution in [3.63, 3.8) is 0 Å². The molecule has 0 unspecified atom stereocenters. The second kappa shape index (κ2) is 10.0. The van der Waals surface area contributed by atoms with Crippen LogP contribution in [0.15, 0.2) is 55.2 Å². The third kappa shape index (κ3) is 5.40. The number of carbonyl (C=O) groups excluding carboxylic acids is 2. The molecule has 1 aliphatic heterocycles. The fraction of sp³-hybridized carbons (Fsp3) is 0.304. The highest BCUT2D eigenvalue weighted by Crippen LogP contribution is 2.24. The summed E-state index contributed by atoms with van der Waals surface area (Å²) in [6, 6.07) is 7.39. The highest BCUT2D eigenvalue weighted by atomic mass is 16.2. The fourth-order valence-electron chi connectivity index (χ4n) is 3.56. The average molecular weight is 447 g/mol. The number of rotatable bonds is 6. The van der Waals surface area contributed by atoms with Gasteiger partial charge in [-0.15, -0.1) is 0 Å². The smallest absolute Gasteiger partial charge is 0.272 e. The van der Waals surface area contributed by atoms with E-state index in [-0.39, 0.29) is 11.8 Å². The van der Waals surface area contributed by atoms with Crippen LogP contribution in [0.1, 0.15) is 34.7 Å². The normalized spacial score (nSPS) is 13.7. The summed E-state index contributed by atoms with van der Waals surface area (Å²) in [6.45, 7) is 6.65. The molecule has 0 bridgehead atoms. The van der Waals surface area contributed by atoms with Gasteiger partial charge in [0, 0.05) is 57.0 Å². The Labute approximate surface area is 192 Å². The van der Waals surface area contributed by atoms with Gasteiger partial charge in [0.2, 0.25) is 0 Å². The van der Waals surface area contributed by atoms with Crippen LogP contribution in [0, 0.1) is 0 Å². The molecule has 33 heavy (non-hydrogen) atoms. The lowest BCUT2D eigenvalue weighted by molar-refractivity contribution is 0.0740. The first-order chi connectivity index (χ1) is 16.0. The lowest BCUT2D eigenvalue weighted by Crippen LogP contribution is -2.49. The molecule has 0 radical (unpaired) electrons. The van der Waals surface area contributed by atoms with Crippen LogP contribution >= 0.6 is 0 Å². The Bertz CT molecular complexity index is 1100. The molecule has 0 saturated carbocycles. The zero-order chi connectivity index (χ0) is 23.2. The van der Waals surface area contributed by atoms with Gasteiger partial charge in [0.05, 0.1) is 17.4 Å². The second-order valence-electron chi connectivity index (χ2n) is 7.93. The number of anilines is 3. The van der Waals surface area contributed by atoms with Crippen LogP contribution in [0.5, 0.6) is 0 Å². The van der Waals surface area contributed by atoms with E-state index in [4.69, 9.17) is 0 Å². The summed E-state index contributed by atoms with van der Waals surface area (Å²) >= 11 is 0. The molecule has 3 aromatic rings. The van der Waals surface area contributed by atoms with Crippen LogP contribution in [0.25, 0.3) is 0 Å². The molecule has 4 heterocycles. The van der Waals surface area contributed by atoms with Gasteiger partial charge < -0.3 is 20.4 Å². The van der Waals surface area contributed by atoms with Crippen molar-refractivity contribution in [1.82, 2.24) is 24.8 Å². The van der Waals surface area contributed by atoms with Gasteiger partial charge in [0.25, 0.3) is 11.8 Å². The Balaban J connectivity index is 1.36. The van der Waals surface area contributed by atoms with Gasteiger partial charge in [-0.05, 0) is 38.1 Å². The molecule has 2 amide bonds. The Hall–Kier alpha value is -4.08. The number of aromatic nitrogens is 4. The first-order valence-electron chi connectivity index (χ1n) is 10.8. The molecule has 10 heteroatoms. The van der Waals surface area contributed by atoms with Gasteiger partial charge >= 0.3 is 0 Å². The van der Waals surface area contributed by atoms with Crippen LogP contribution in [0.4, 0.5) is 17.3 Å². The zero-order valence-electron chi connectivity index (χ0n) is 18.6. The van der Waals surface area contributed by atoms with Gasteiger partial charge in [-0.2, -0.15) is 0 Å². The predicted molar refractivity (Wildman–Crippen MR) is 125 cm³/mol. The first kappa shape index (κ1) is 22.1. The Morgan fingerprint density at radius 3 is 2.42 bits per heavy atom. The summed E-state index contributed by atoms with van der Waals surface area (Å²) in [5.74, 6) is 0.726. The molecule has 4 rings (SSSR count). The molecule has 0 aromatic carbocycles. The Morgan fingerprint density at radius 1 is 0.939 bits per heavy atom. The molecular weight excluding hydrogens is 420 g/mol. The van der Waals surface area contributed by atoms with Crippen molar-refractivity contribution in [3.8, 4) is 0 Å². The van der Waals surface area contributed by atoms with E-state index in [2.05, 4.69) is 49.3 Å². The predicted octanol–water partition coefficient (Wildman–Crippen LogP) is 2.30. The summed E-state index contributed by atoms with van der Waals surface area (Å²) in [5, 5.41) is 6.07. The van der Waals surface area contributed by atoms with E-state index in [1.807, 2.05) is 12.1 Å². The van der Waals surface area contributed by atoms with E-state index in [0.717, 1.165) is 11.5 Å². The lowest BCUT2D eigenvalue weighted by atomic mass is 10.2. The van der Waals surface area contributed by atoms with Crippen molar-refractivity contribution in [2.75, 3.05) is 41.7 Å². The maximum absolute atomic E-state index is 12.9. The molecule has 1 aliphatic rings. The molecule has 3 aromatic heterocycles. The van der Waals surface area contributed by atoms with E-state index >= 15 is 0 Å². The highest BCUT2D eigenvalue weighted by molar-refractivity contribution is 6.04. The lowest BCUT2D eigenvalue weighted by Gasteiger charge is -2.36. The maximum atomic E-state index is 12.9. The van der Waals surface area contributed by atoms with Crippen LogP contribution < -0.4 is 15.5 Å². The molecule has 1 saturated heterocycles. The monoisotopic (exact) mass is 446 g/mol. The summed E-state index contributed by atoms with van der Waals surface area (Å²) in [5.41, 5.74) is 1.63. The number of piperazine rings is 1. The minimum atomic E-state index is -0.364. The number of nitrogens with zero attached hydrogens (tertiary/aromatic N) is 6. The first-order valence-corrected chi connectivity index (χ1v) is 10.8. The summed E-state index contributed by atoms with van der Waals surface area (Å²) in [7, 11) is 0. The summed E-state index contributed by atoms with van der Waals surface area (Å²) < 4.78 is 0. The average Bonchev–Trinajstić information content (AvgIpc) is 2.84. The SMILES string of the molecule is CC(C)Nc1cccnc1N1CCN(C(=O)c2ccc(C(=O)Nc3cnccn3)cn2)CC1. The quantitative estimate of drug-likeness (QED) is 0.593.